The lowest BCUT2D eigenvalue weighted by molar-refractivity contribution is 0.0734. The van der Waals surface area contributed by atoms with Crippen molar-refractivity contribution in [2.24, 2.45) is 17.8 Å². The monoisotopic (exact) mass is 403 g/mol. The quantitative estimate of drug-likeness (QED) is 0.337. The smallest absolute Gasteiger partial charge is 0.343 e. The Hall–Kier alpha value is -2.93. The normalized spacial score (nSPS) is 25.6. The predicted octanol–water partition coefficient (Wildman–Crippen LogP) is 6.40. The summed E-state index contributed by atoms with van der Waals surface area (Å²) in [5, 5.41) is 8.79. The molecule has 0 spiro atoms. The van der Waals surface area contributed by atoms with Crippen LogP contribution in [0.3, 0.4) is 0 Å². The minimum absolute atomic E-state index is 0.0770. The Morgan fingerprint density at radius 1 is 1.07 bits per heavy atom. The summed E-state index contributed by atoms with van der Waals surface area (Å²) < 4.78 is 19.0. The summed E-state index contributed by atoms with van der Waals surface area (Å²) in [6.45, 7) is 3.98. The van der Waals surface area contributed by atoms with Gasteiger partial charge >= 0.3 is 5.97 Å². The fourth-order valence-electron chi connectivity index (χ4n) is 5.15. The molecule has 2 aromatic carbocycles. The molecule has 30 heavy (non-hydrogen) atoms. The van der Waals surface area contributed by atoms with Gasteiger partial charge in [0.25, 0.3) is 0 Å². The van der Waals surface area contributed by atoms with Crippen molar-refractivity contribution in [2.75, 3.05) is 0 Å². The van der Waals surface area contributed by atoms with Crippen molar-refractivity contribution in [3.63, 3.8) is 0 Å². The Kier molecular flexibility index (Phi) is 5.99. The molecule has 2 aromatic rings. The Morgan fingerprint density at radius 2 is 1.80 bits per heavy atom. The molecule has 0 radical (unpaired) electrons. The molecular weight excluding hydrogens is 377 g/mol. The van der Waals surface area contributed by atoms with E-state index < -0.39 is 11.8 Å². The first-order chi connectivity index (χ1) is 14.6. The van der Waals surface area contributed by atoms with E-state index in [4.69, 9.17) is 10.00 Å². The highest BCUT2D eigenvalue weighted by molar-refractivity contribution is 5.91. The van der Waals surface area contributed by atoms with Gasteiger partial charge in [0.2, 0.25) is 0 Å². The molecule has 2 aliphatic carbocycles. The Balaban J connectivity index is 1.38. The van der Waals surface area contributed by atoms with Crippen LogP contribution < -0.4 is 4.74 Å². The molecule has 2 fully saturated rings. The van der Waals surface area contributed by atoms with Gasteiger partial charge in [0, 0.05) is 6.07 Å². The first-order valence-corrected chi connectivity index (χ1v) is 10.7. The van der Waals surface area contributed by atoms with E-state index in [0.29, 0.717) is 17.4 Å². The molecule has 154 valence electrons. The summed E-state index contributed by atoms with van der Waals surface area (Å²) >= 11 is 0. The highest BCUT2D eigenvalue weighted by Gasteiger charge is 2.35. The number of hydrogen-bond donors (Lipinski definition) is 0. The summed E-state index contributed by atoms with van der Waals surface area (Å²) in [4.78, 5) is 12.4. The van der Waals surface area contributed by atoms with Crippen molar-refractivity contribution in [1.29, 1.82) is 5.26 Å². The van der Waals surface area contributed by atoms with Gasteiger partial charge in [-0.1, -0.05) is 18.2 Å². The number of esters is 1. The number of benzene rings is 2. The highest BCUT2D eigenvalue weighted by atomic mass is 19.1. The maximum absolute atomic E-state index is 13.7. The van der Waals surface area contributed by atoms with Gasteiger partial charge in [-0.15, -0.1) is 6.58 Å². The average Bonchev–Trinajstić information content (AvgIpc) is 2.78. The van der Waals surface area contributed by atoms with Crippen LogP contribution in [0, 0.1) is 34.9 Å². The topological polar surface area (TPSA) is 50.1 Å². The van der Waals surface area contributed by atoms with E-state index in [0.717, 1.165) is 17.9 Å². The van der Waals surface area contributed by atoms with Crippen LogP contribution in [0.15, 0.2) is 55.1 Å². The van der Waals surface area contributed by atoms with Crippen molar-refractivity contribution in [3.05, 3.63) is 77.6 Å². The maximum Gasteiger partial charge on any atom is 0.343 e. The van der Waals surface area contributed by atoms with Crippen molar-refractivity contribution in [3.8, 4) is 11.8 Å². The minimum Gasteiger partial charge on any atom is -0.423 e. The number of rotatable bonds is 4. The summed E-state index contributed by atoms with van der Waals surface area (Å²) in [7, 11) is 0. The molecule has 2 saturated carbocycles. The summed E-state index contributed by atoms with van der Waals surface area (Å²) in [5.74, 6) is 1.74. The molecule has 0 saturated heterocycles. The van der Waals surface area contributed by atoms with Gasteiger partial charge in [-0.25, -0.2) is 9.18 Å². The number of hydrogen-bond acceptors (Lipinski definition) is 3. The largest absolute Gasteiger partial charge is 0.423 e. The average molecular weight is 403 g/mol. The number of halogens is 1. The lowest BCUT2D eigenvalue weighted by atomic mass is 9.64. The standard InChI is InChI=1S/C26H26FNO2/c1-2-17-3-4-22-14-21(10-9-20(22)13-17)18-5-7-19(8-6-18)26(29)30-24-12-11-23(16-28)25(27)15-24/h2,5-8,11-12,15,17,20-22H,1,3-4,9-10,13-14H2/t17?,20-,21?,22+/m0/s1. The fourth-order valence-corrected chi connectivity index (χ4v) is 5.15. The molecule has 4 heteroatoms. The van der Waals surface area contributed by atoms with Crippen molar-refractivity contribution < 1.29 is 13.9 Å². The molecule has 0 N–H and O–H groups in total. The van der Waals surface area contributed by atoms with Crippen LogP contribution in [0.2, 0.25) is 0 Å². The molecule has 0 bridgehead atoms. The number of nitriles is 1. The van der Waals surface area contributed by atoms with Crippen LogP contribution in [-0.2, 0) is 0 Å². The molecule has 2 unspecified atom stereocenters. The molecule has 2 aliphatic rings. The van der Waals surface area contributed by atoms with Gasteiger partial charge in [-0.3, -0.25) is 0 Å². The third-order valence-corrected chi connectivity index (χ3v) is 6.88. The Morgan fingerprint density at radius 3 is 2.50 bits per heavy atom. The van der Waals surface area contributed by atoms with Gasteiger partial charge in [0.1, 0.15) is 17.6 Å². The fraction of sp³-hybridized carbons (Fsp3) is 0.385. The van der Waals surface area contributed by atoms with Gasteiger partial charge in [-0.2, -0.15) is 5.26 Å². The summed E-state index contributed by atoms with van der Waals surface area (Å²) in [6, 6.07) is 13.2. The van der Waals surface area contributed by atoms with E-state index in [1.54, 1.807) is 18.2 Å². The van der Waals surface area contributed by atoms with Crippen LogP contribution >= 0.6 is 0 Å². The third-order valence-electron chi connectivity index (χ3n) is 6.88. The lowest BCUT2D eigenvalue weighted by Crippen LogP contribution is -2.29. The van der Waals surface area contributed by atoms with Crippen LogP contribution in [0.4, 0.5) is 4.39 Å². The van der Waals surface area contributed by atoms with E-state index in [2.05, 4.69) is 12.7 Å². The number of nitrogens with zero attached hydrogens (tertiary/aromatic N) is 1. The molecule has 0 amide bonds. The minimum atomic E-state index is -0.698. The molecule has 4 atom stereocenters. The molecule has 4 rings (SSSR count). The summed E-state index contributed by atoms with van der Waals surface area (Å²) in [6.07, 6.45) is 9.67. The molecule has 0 heterocycles. The number of carbonyl (C=O) groups excluding carboxylic acids is 1. The molecule has 0 aromatic heterocycles. The molecule has 0 aliphatic heterocycles. The second-order valence-electron chi connectivity index (χ2n) is 8.60. The summed E-state index contributed by atoms with van der Waals surface area (Å²) in [5.41, 5.74) is 1.64. The highest BCUT2D eigenvalue weighted by Crippen LogP contribution is 2.47. The van der Waals surface area contributed by atoms with Crippen molar-refractivity contribution in [1.82, 2.24) is 0 Å². The first kappa shape index (κ1) is 20.3. The van der Waals surface area contributed by atoms with Crippen LogP contribution in [0.5, 0.6) is 5.75 Å². The molecular formula is C26H26FNO2. The predicted molar refractivity (Wildman–Crippen MR) is 114 cm³/mol. The van der Waals surface area contributed by atoms with Gasteiger partial charge in [-0.05, 0) is 92.0 Å². The first-order valence-electron chi connectivity index (χ1n) is 10.7. The number of ether oxygens (including phenoxy) is 1. The second-order valence-corrected chi connectivity index (χ2v) is 8.60. The SMILES string of the molecule is C=CC1CC[C@@H]2CC(c3ccc(C(=O)Oc4ccc(C#N)c(F)c4)cc3)CC[C@H]2C1. The zero-order valence-electron chi connectivity index (χ0n) is 17.0. The number of carbonyl (C=O) groups is 1. The lowest BCUT2D eigenvalue weighted by Gasteiger charge is -2.41. The zero-order valence-corrected chi connectivity index (χ0v) is 17.0. The Labute approximate surface area is 177 Å². The second kappa shape index (κ2) is 8.83. The van der Waals surface area contributed by atoms with E-state index in [1.807, 2.05) is 12.1 Å². The number of allylic oxidation sites excluding steroid dienone is 1. The van der Waals surface area contributed by atoms with Gasteiger partial charge in [0.05, 0.1) is 11.1 Å². The van der Waals surface area contributed by atoms with Crippen LogP contribution in [0.25, 0.3) is 0 Å². The number of fused-ring (bicyclic) bond motifs is 1. The van der Waals surface area contributed by atoms with Crippen molar-refractivity contribution >= 4 is 5.97 Å². The van der Waals surface area contributed by atoms with Gasteiger partial charge in [0.15, 0.2) is 0 Å². The van der Waals surface area contributed by atoms with Crippen molar-refractivity contribution in [2.45, 2.75) is 44.4 Å². The van der Waals surface area contributed by atoms with Crippen LogP contribution in [0.1, 0.15) is 65.9 Å². The molecule has 3 nitrogen and oxygen atoms in total. The van der Waals surface area contributed by atoms with E-state index in [1.165, 1.54) is 56.2 Å². The van der Waals surface area contributed by atoms with E-state index in [-0.39, 0.29) is 11.3 Å². The van der Waals surface area contributed by atoms with E-state index >= 15 is 0 Å². The Bertz CT molecular complexity index is 976. The van der Waals surface area contributed by atoms with Gasteiger partial charge < -0.3 is 4.74 Å². The van der Waals surface area contributed by atoms with E-state index in [9.17, 15) is 9.18 Å². The maximum atomic E-state index is 13.7. The third kappa shape index (κ3) is 4.31. The zero-order chi connectivity index (χ0) is 21.1. The van der Waals surface area contributed by atoms with Crippen LogP contribution in [-0.4, -0.2) is 5.97 Å².